The average Bonchev–Trinajstić information content (AvgIpc) is 2.47. The van der Waals surface area contributed by atoms with Gasteiger partial charge >= 0.3 is 18.2 Å². The number of benzene rings is 1. The summed E-state index contributed by atoms with van der Waals surface area (Å²) in [6.45, 7) is 5.06. The second-order valence-electron chi connectivity index (χ2n) is 6.20. The van der Waals surface area contributed by atoms with Gasteiger partial charge in [-0.05, 0) is 44.5 Å². The van der Waals surface area contributed by atoms with Gasteiger partial charge in [-0.15, -0.1) is 0 Å². The van der Waals surface area contributed by atoms with Gasteiger partial charge in [-0.3, -0.25) is 0 Å². The van der Waals surface area contributed by atoms with Gasteiger partial charge in [0.2, 0.25) is 0 Å². The van der Waals surface area contributed by atoms with Gasteiger partial charge < -0.3 is 19.9 Å². The number of carboxylic acid groups (broad SMARTS) is 1. The minimum Gasteiger partial charge on any atom is -0.492 e. The molecule has 26 heavy (non-hydrogen) atoms. The number of halogens is 3. The number of amides is 1. The fourth-order valence-electron chi connectivity index (χ4n) is 1.81. The van der Waals surface area contributed by atoms with E-state index in [1.807, 2.05) is 0 Å². The Bertz CT molecular complexity index is 678. The maximum atomic E-state index is 13.1. The molecule has 0 saturated heterocycles. The number of aliphatic carboxylic acids is 1. The Morgan fingerprint density at radius 2 is 1.88 bits per heavy atom. The molecule has 0 radical (unpaired) electrons. The van der Waals surface area contributed by atoms with E-state index in [1.54, 1.807) is 20.8 Å². The zero-order valence-corrected chi connectivity index (χ0v) is 14.5. The molecule has 1 amide bonds. The predicted molar refractivity (Wildman–Crippen MR) is 87.8 cm³/mol. The molecule has 0 bridgehead atoms. The van der Waals surface area contributed by atoms with Crippen LogP contribution in [0, 0.1) is 0 Å². The fraction of sp³-hybridized carbons (Fsp3) is 0.412. The highest BCUT2D eigenvalue weighted by Crippen LogP contribution is 2.35. The van der Waals surface area contributed by atoms with Gasteiger partial charge in [-0.2, -0.15) is 13.2 Å². The minimum atomic E-state index is -4.67. The second kappa shape index (κ2) is 8.59. The summed E-state index contributed by atoms with van der Waals surface area (Å²) in [6.07, 6.45) is -3.85. The normalized spacial score (nSPS) is 12.1. The monoisotopic (exact) mass is 375 g/mol. The van der Waals surface area contributed by atoms with E-state index in [1.165, 1.54) is 6.07 Å². The average molecular weight is 375 g/mol. The van der Waals surface area contributed by atoms with Crippen LogP contribution < -0.4 is 10.1 Å². The van der Waals surface area contributed by atoms with Crippen LogP contribution in [0.25, 0.3) is 6.08 Å². The molecule has 1 aromatic rings. The number of ether oxygens (including phenoxy) is 2. The number of carboxylic acids is 1. The van der Waals surface area contributed by atoms with Gasteiger partial charge in [-0.1, -0.05) is 6.07 Å². The van der Waals surface area contributed by atoms with Crippen molar-refractivity contribution >= 4 is 18.1 Å². The maximum Gasteiger partial charge on any atom is 0.417 e. The van der Waals surface area contributed by atoms with Crippen LogP contribution >= 0.6 is 0 Å². The number of nitrogens with one attached hydrogen (secondary N) is 1. The van der Waals surface area contributed by atoms with Crippen molar-refractivity contribution in [2.75, 3.05) is 13.2 Å². The van der Waals surface area contributed by atoms with E-state index >= 15 is 0 Å². The first-order valence-corrected chi connectivity index (χ1v) is 7.60. The molecular weight excluding hydrogens is 355 g/mol. The Morgan fingerprint density at radius 1 is 1.23 bits per heavy atom. The zero-order chi connectivity index (χ0) is 20.0. The summed E-state index contributed by atoms with van der Waals surface area (Å²) in [5.41, 5.74) is -1.97. The molecule has 0 saturated carbocycles. The van der Waals surface area contributed by atoms with Crippen molar-refractivity contribution in [3.8, 4) is 5.75 Å². The SMILES string of the molecule is CC(C)(C)OC(=O)NCCOc1ccc(/C=C/C(=O)O)c(C(F)(F)F)c1. The van der Waals surface area contributed by atoms with Crippen molar-refractivity contribution in [2.45, 2.75) is 32.5 Å². The van der Waals surface area contributed by atoms with Crippen LogP contribution in [0.4, 0.5) is 18.0 Å². The quantitative estimate of drug-likeness (QED) is 0.585. The highest BCUT2D eigenvalue weighted by Gasteiger charge is 2.33. The van der Waals surface area contributed by atoms with Crippen LogP contribution in [-0.2, 0) is 15.7 Å². The molecular formula is C17H20F3NO5. The first-order chi connectivity index (χ1) is 11.9. The summed E-state index contributed by atoms with van der Waals surface area (Å²) < 4.78 is 49.5. The Morgan fingerprint density at radius 3 is 2.42 bits per heavy atom. The van der Waals surface area contributed by atoms with Crippen molar-refractivity contribution in [2.24, 2.45) is 0 Å². The number of hydrogen-bond acceptors (Lipinski definition) is 4. The number of alkyl halides is 3. The van der Waals surface area contributed by atoms with E-state index in [0.717, 1.165) is 18.2 Å². The van der Waals surface area contributed by atoms with Crippen molar-refractivity contribution in [1.82, 2.24) is 5.32 Å². The smallest absolute Gasteiger partial charge is 0.417 e. The third kappa shape index (κ3) is 7.91. The fourth-order valence-corrected chi connectivity index (χ4v) is 1.81. The molecule has 0 unspecified atom stereocenters. The van der Waals surface area contributed by atoms with E-state index in [0.29, 0.717) is 6.08 Å². The summed E-state index contributed by atoms with van der Waals surface area (Å²) in [5, 5.41) is 11.0. The highest BCUT2D eigenvalue weighted by molar-refractivity contribution is 5.85. The van der Waals surface area contributed by atoms with E-state index in [-0.39, 0.29) is 24.5 Å². The van der Waals surface area contributed by atoms with Gasteiger partial charge in [0.05, 0.1) is 12.1 Å². The van der Waals surface area contributed by atoms with Gasteiger partial charge in [-0.25, -0.2) is 9.59 Å². The van der Waals surface area contributed by atoms with E-state index in [4.69, 9.17) is 14.6 Å². The Kier molecular flexibility index (Phi) is 7.05. The van der Waals surface area contributed by atoms with E-state index < -0.39 is 29.4 Å². The molecule has 0 aliphatic heterocycles. The number of rotatable bonds is 6. The van der Waals surface area contributed by atoms with Gasteiger partial charge in [0.25, 0.3) is 0 Å². The topological polar surface area (TPSA) is 84.9 Å². The lowest BCUT2D eigenvalue weighted by molar-refractivity contribution is -0.138. The van der Waals surface area contributed by atoms with Crippen molar-refractivity contribution in [1.29, 1.82) is 0 Å². The number of carbonyl (C=O) groups is 2. The molecule has 144 valence electrons. The minimum absolute atomic E-state index is 0.0386. The molecule has 0 fully saturated rings. The summed E-state index contributed by atoms with van der Waals surface area (Å²) in [6, 6.07) is 3.16. The number of hydrogen-bond donors (Lipinski definition) is 2. The summed E-state index contributed by atoms with van der Waals surface area (Å²) >= 11 is 0. The molecule has 1 aromatic carbocycles. The molecule has 0 heterocycles. The van der Waals surface area contributed by atoms with Crippen LogP contribution in [-0.4, -0.2) is 35.9 Å². The third-order valence-electron chi connectivity index (χ3n) is 2.77. The number of alkyl carbamates (subject to hydrolysis) is 1. The highest BCUT2D eigenvalue weighted by atomic mass is 19.4. The molecule has 0 aliphatic rings. The van der Waals surface area contributed by atoms with Gasteiger partial charge in [0, 0.05) is 6.08 Å². The second-order valence-corrected chi connectivity index (χ2v) is 6.20. The maximum absolute atomic E-state index is 13.1. The van der Waals surface area contributed by atoms with Crippen LogP contribution in [0.2, 0.25) is 0 Å². The standard InChI is InChI=1S/C17H20F3NO5/c1-16(2,3)26-15(24)21-8-9-25-12-6-4-11(5-7-14(22)23)13(10-12)17(18,19)20/h4-7,10H,8-9H2,1-3H3,(H,21,24)(H,22,23)/b7-5+. The molecule has 1 rings (SSSR count). The van der Waals surface area contributed by atoms with E-state index in [2.05, 4.69) is 5.32 Å². The van der Waals surface area contributed by atoms with Crippen LogP contribution in [0.1, 0.15) is 31.9 Å². The lowest BCUT2D eigenvalue weighted by Gasteiger charge is -2.19. The first-order valence-electron chi connectivity index (χ1n) is 7.60. The molecule has 9 heteroatoms. The van der Waals surface area contributed by atoms with Crippen molar-refractivity contribution in [3.63, 3.8) is 0 Å². The largest absolute Gasteiger partial charge is 0.492 e. The van der Waals surface area contributed by atoms with E-state index in [9.17, 15) is 22.8 Å². The lowest BCUT2D eigenvalue weighted by Crippen LogP contribution is -2.34. The third-order valence-corrected chi connectivity index (χ3v) is 2.77. The van der Waals surface area contributed by atoms with Crippen LogP contribution in [0.15, 0.2) is 24.3 Å². The summed E-state index contributed by atoms with van der Waals surface area (Å²) in [5.74, 6) is -1.41. The van der Waals surface area contributed by atoms with Gasteiger partial charge in [0.1, 0.15) is 18.0 Å². The Labute approximate surface area is 148 Å². The summed E-state index contributed by atoms with van der Waals surface area (Å²) in [4.78, 5) is 21.9. The number of carbonyl (C=O) groups excluding carboxylic acids is 1. The predicted octanol–water partition coefficient (Wildman–Crippen LogP) is 3.71. The molecule has 2 N–H and O–H groups in total. The first kappa shape index (κ1) is 21.3. The van der Waals surface area contributed by atoms with Gasteiger partial charge in [0.15, 0.2) is 0 Å². The summed E-state index contributed by atoms with van der Waals surface area (Å²) in [7, 11) is 0. The molecule has 6 nitrogen and oxygen atoms in total. The molecule has 0 aliphatic carbocycles. The van der Waals surface area contributed by atoms with Crippen LogP contribution in [0.5, 0.6) is 5.75 Å². The van der Waals surface area contributed by atoms with Crippen molar-refractivity contribution in [3.05, 3.63) is 35.4 Å². The lowest BCUT2D eigenvalue weighted by atomic mass is 10.1. The van der Waals surface area contributed by atoms with Crippen LogP contribution in [0.3, 0.4) is 0 Å². The zero-order valence-electron chi connectivity index (χ0n) is 14.5. The molecule has 0 spiro atoms. The molecule has 0 atom stereocenters. The van der Waals surface area contributed by atoms with Crippen molar-refractivity contribution < 1.29 is 37.3 Å². The Hall–Kier alpha value is -2.71. The molecule has 0 aromatic heterocycles. The Balaban J connectivity index is 2.71.